The minimum atomic E-state index is -1.38. The van der Waals surface area contributed by atoms with E-state index in [1.807, 2.05) is 0 Å². The predicted octanol–water partition coefficient (Wildman–Crippen LogP) is 5.83. The van der Waals surface area contributed by atoms with Crippen molar-refractivity contribution in [3.05, 3.63) is 74.8 Å². The highest BCUT2D eigenvalue weighted by atomic mass is 32.2. The van der Waals surface area contributed by atoms with E-state index in [0.29, 0.717) is 16.0 Å². The van der Waals surface area contributed by atoms with Gasteiger partial charge in [0, 0.05) is 16.6 Å². The molecule has 0 unspecified atom stereocenters. The molecule has 10 nitrogen and oxygen atoms in total. The Morgan fingerprint density at radius 2 is 1.82 bits per heavy atom. The molecule has 3 aromatic rings. The summed E-state index contributed by atoms with van der Waals surface area (Å²) in [5.74, 6) is -5.23. The van der Waals surface area contributed by atoms with Crippen molar-refractivity contribution in [2.24, 2.45) is 0 Å². The monoisotopic (exact) mass is 661 g/mol. The van der Waals surface area contributed by atoms with Crippen LogP contribution in [0.25, 0.3) is 17.2 Å². The fourth-order valence-corrected chi connectivity index (χ4v) is 6.08. The number of ether oxygens (including phenoxy) is 1. The Hall–Kier alpha value is -4.34. The summed E-state index contributed by atoms with van der Waals surface area (Å²) in [5.41, 5.74) is -0.156. The normalized spacial score (nSPS) is 14.9. The molecular weight excluding hydrogens is 637 g/mol. The Balaban J connectivity index is 1.54. The largest absolute Gasteiger partial charge is 0.507 e. The molecule has 1 aliphatic rings. The Morgan fingerprint density at radius 1 is 1.09 bits per heavy atom. The van der Waals surface area contributed by atoms with Gasteiger partial charge in [-0.2, -0.15) is 0 Å². The lowest BCUT2D eigenvalue weighted by Crippen LogP contribution is -2.52. The van der Waals surface area contributed by atoms with E-state index in [9.17, 15) is 33.1 Å². The lowest BCUT2D eigenvalue weighted by atomic mass is 10.1. The zero-order valence-electron chi connectivity index (χ0n) is 23.3. The molecule has 1 saturated heterocycles. The third-order valence-corrected chi connectivity index (χ3v) is 8.15. The molecule has 2 heterocycles. The van der Waals surface area contributed by atoms with E-state index in [2.05, 4.69) is 10.6 Å². The van der Waals surface area contributed by atoms with Crippen molar-refractivity contribution in [2.75, 3.05) is 11.9 Å². The van der Waals surface area contributed by atoms with Gasteiger partial charge in [0.15, 0.2) is 11.6 Å². The van der Waals surface area contributed by atoms with Gasteiger partial charge in [0.1, 0.15) is 27.3 Å². The maximum atomic E-state index is 13.7. The Kier molecular flexibility index (Phi) is 9.71. The van der Waals surface area contributed by atoms with Gasteiger partial charge in [-0.15, -0.1) is 11.3 Å². The van der Waals surface area contributed by atoms with Crippen LogP contribution in [0.2, 0.25) is 0 Å². The van der Waals surface area contributed by atoms with Crippen molar-refractivity contribution in [3.8, 4) is 16.9 Å². The van der Waals surface area contributed by atoms with Crippen molar-refractivity contribution in [1.29, 1.82) is 0 Å². The number of phenols is 1. The number of nitrogens with zero attached hydrogens (tertiary/aromatic N) is 1. The van der Waals surface area contributed by atoms with E-state index in [4.69, 9.17) is 22.1 Å². The Bertz CT molecular complexity index is 1700. The molecule has 4 rings (SSSR count). The van der Waals surface area contributed by atoms with E-state index >= 15 is 0 Å². The van der Waals surface area contributed by atoms with Crippen LogP contribution >= 0.6 is 35.3 Å². The van der Waals surface area contributed by atoms with Crippen molar-refractivity contribution in [3.63, 3.8) is 0 Å². The van der Waals surface area contributed by atoms with E-state index in [-0.39, 0.29) is 27.0 Å². The molecule has 4 N–H and O–H groups in total. The van der Waals surface area contributed by atoms with Crippen LogP contribution in [0.3, 0.4) is 0 Å². The summed E-state index contributed by atoms with van der Waals surface area (Å²) in [6, 6.07) is 7.25. The maximum absolute atomic E-state index is 13.7. The minimum Gasteiger partial charge on any atom is -0.507 e. The number of alkyl carbamates (subject to hydrolysis) is 1. The molecule has 1 fully saturated rings. The average molecular weight is 662 g/mol. The van der Waals surface area contributed by atoms with Crippen LogP contribution < -0.4 is 10.6 Å². The molecule has 230 valence electrons. The van der Waals surface area contributed by atoms with Crippen LogP contribution in [0.15, 0.2) is 52.7 Å². The van der Waals surface area contributed by atoms with Gasteiger partial charge in [0.25, 0.3) is 5.91 Å². The zero-order chi connectivity index (χ0) is 32.3. The van der Waals surface area contributed by atoms with E-state index < -0.39 is 52.9 Å². The summed E-state index contributed by atoms with van der Waals surface area (Å²) in [4.78, 5) is 52.4. The first-order valence-corrected chi connectivity index (χ1v) is 14.9. The average Bonchev–Trinajstić information content (AvgIpc) is 3.48. The number of thioether (sulfide) groups is 1. The van der Waals surface area contributed by atoms with Gasteiger partial charge in [0.05, 0.1) is 11.4 Å². The fraction of sp³-hybridized carbons (Fsp3) is 0.207. The number of halogens is 2. The SMILES string of the molecule is CC(C)(C)OC(=O)N[C@@H](CN1C(=O)/C(=C/c2cc(-c3ccc(F)c(F)c3)cs2)SC1=S)C(=O)Nc1ccc(C(=O)O)c(O)c1. The number of carboxylic acids is 1. The molecule has 0 spiro atoms. The van der Waals surface area contributed by atoms with E-state index in [0.717, 1.165) is 40.9 Å². The third-order valence-electron chi connectivity index (χ3n) is 5.89. The number of benzene rings is 2. The number of anilines is 1. The first-order valence-electron chi connectivity index (χ1n) is 12.8. The van der Waals surface area contributed by atoms with Gasteiger partial charge in [-0.05, 0) is 73.7 Å². The lowest BCUT2D eigenvalue weighted by molar-refractivity contribution is -0.123. The van der Waals surface area contributed by atoms with Crippen molar-refractivity contribution in [2.45, 2.75) is 32.4 Å². The number of hydrogen-bond acceptors (Lipinski definition) is 9. The highest BCUT2D eigenvalue weighted by molar-refractivity contribution is 8.26. The molecule has 3 amide bonds. The van der Waals surface area contributed by atoms with Crippen LogP contribution in [-0.4, -0.2) is 61.5 Å². The van der Waals surface area contributed by atoms with Crippen molar-refractivity contribution >= 4 is 75.3 Å². The molecule has 0 saturated carbocycles. The Morgan fingerprint density at radius 3 is 2.45 bits per heavy atom. The summed E-state index contributed by atoms with van der Waals surface area (Å²) in [6.45, 7) is 4.51. The molecule has 1 atom stereocenters. The first-order chi connectivity index (χ1) is 20.6. The van der Waals surface area contributed by atoms with Crippen molar-refractivity contribution in [1.82, 2.24) is 10.2 Å². The van der Waals surface area contributed by atoms with Gasteiger partial charge in [-0.25, -0.2) is 18.4 Å². The van der Waals surface area contributed by atoms with Gasteiger partial charge in [0.2, 0.25) is 5.91 Å². The summed E-state index contributed by atoms with van der Waals surface area (Å²) in [5, 5.41) is 25.8. The van der Waals surface area contributed by atoms with Gasteiger partial charge in [-0.3, -0.25) is 14.5 Å². The Labute approximate surface area is 263 Å². The van der Waals surface area contributed by atoms with Gasteiger partial charge >= 0.3 is 12.1 Å². The summed E-state index contributed by atoms with van der Waals surface area (Å²) < 4.78 is 32.4. The zero-order valence-corrected chi connectivity index (χ0v) is 25.8. The lowest BCUT2D eigenvalue weighted by Gasteiger charge is -2.26. The second kappa shape index (κ2) is 13.1. The number of thiocarbonyl (C=S) groups is 1. The topological polar surface area (TPSA) is 145 Å². The number of carbonyl (C=O) groups excluding carboxylic acids is 3. The standard InChI is InChI=1S/C29H25F2N3O7S3/c1-29(2,3)41-27(40)33-21(24(36)32-16-5-6-18(26(38)39)22(35)10-16)12-34-25(37)23(44-28(34)42)11-17-8-15(13-43-17)14-4-7-19(30)20(31)9-14/h4-11,13,21,35H,12H2,1-3H3,(H,32,36)(H,33,40)(H,38,39)/b23-11-/t21-/m0/s1. The fourth-order valence-electron chi connectivity index (χ4n) is 3.89. The highest BCUT2D eigenvalue weighted by Gasteiger charge is 2.36. The molecule has 0 radical (unpaired) electrons. The summed E-state index contributed by atoms with van der Waals surface area (Å²) in [6.07, 6.45) is 0.641. The number of carboxylic acid groups (broad SMARTS) is 1. The number of rotatable bonds is 8. The van der Waals surface area contributed by atoms with Crippen LogP contribution in [0.5, 0.6) is 5.75 Å². The number of carbonyl (C=O) groups is 4. The molecule has 15 heteroatoms. The van der Waals surface area contributed by atoms with Crippen molar-refractivity contribution < 1.29 is 42.9 Å². The summed E-state index contributed by atoms with van der Waals surface area (Å²) >= 11 is 7.65. The minimum absolute atomic E-state index is 0.0355. The van der Waals surface area contributed by atoms with Gasteiger partial charge < -0.3 is 25.6 Å². The molecule has 1 aliphatic heterocycles. The molecule has 0 aliphatic carbocycles. The molecular formula is C29H25F2N3O7S3. The third kappa shape index (κ3) is 7.98. The second-order valence-corrected chi connectivity index (χ2v) is 13.0. The number of aromatic carboxylic acids is 1. The molecule has 1 aromatic heterocycles. The number of hydrogen-bond donors (Lipinski definition) is 4. The maximum Gasteiger partial charge on any atom is 0.408 e. The highest BCUT2D eigenvalue weighted by Crippen LogP contribution is 2.35. The van der Waals surface area contributed by atoms with Crippen LogP contribution in [0, 0.1) is 11.6 Å². The van der Waals surface area contributed by atoms with Crippen LogP contribution in [0.4, 0.5) is 19.3 Å². The van der Waals surface area contributed by atoms with Gasteiger partial charge in [-0.1, -0.05) is 30.0 Å². The number of nitrogens with one attached hydrogen (secondary N) is 2. The number of aromatic hydroxyl groups is 1. The molecule has 2 aromatic carbocycles. The van der Waals surface area contributed by atoms with E-state index in [1.54, 1.807) is 38.3 Å². The second-order valence-electron chi connectivity index (χ2n) is 10.4. The predicted molar refractivity (Wildman–Crippen MR) is 166 cm³/mol. The quantitative estimate of drug-likeness (QED) is 0.173. The molecule has 0 bridgehead atoms. The van der Waals surface area contributed by atoms with Crippen LogP contribution in [0.1, 0.15) is 36.0 Å². The van der Waals surface area contributed by atoms with Crippen LogP contribution in [-0.2, 0) is 14.3 Å². The smallest absolute Gasteiger partial charge is 0.408 e. The number of thiophene rings is 1. The first kappa shape index (κ1) is 32.6. The summed E-state index contributed by atoms with van der Waals surface area (Å²) in [7, 11) is 0. The van der Waals surface area contributed by atoms with E-state index in [1.165, 1.54) is 23.5 Å². The molecule has 44 heavy (non-hydrogen) atoms. The number of amides is 3.